The SMILES string of the molecule is CCOC(=O)C#Cc1ccc2c(c1)OCC(=O)N2. The van der Waals surface area contributed by atoms with Gasteiger partial charge >= 0.3 is 5.97 Å². The van der Waals surface area contributed by atoms with E-state index in [9.17, 15) is 9.59 Å². The summed E-state index contributed by atoms with van der Waals surface area (Å²) in [5.41, 5.74) is 1.23. The molecule has 0 spiro atoms. The second-order valence-electron chi connectivity index (χ2n) is 3.52. The van der Waals surface area contributed by atoms with Gasteiger partial charge in [0.05, 0.1) is 12.3 Å². The van der Waals surface area contributed by atoms with Gasteiger partial charge < -0.3 is 14.8 Å². The first kappa shape index (κ1) is 12.0. The molecule has 1 aromatic rings. The number of hydrogen-bond acceptors (Lipinski definition) is 4. The Morgan fingerprint density at radius 1 is 1.56 bits per heavy atom. The van der Waals surface area contributed by atoms with Gasteiger partial charge in [0.2, 0.25) is 0 Å². The number of carbonyl (C=O) groups excluding carboxylic acids is 2. The van der Waals surface area contributed by atoms with Gasteiger partial charge in [-0.2, -0.15) is 0 Å². The minimum atomic E-state index is -0.565. The van der Waals surface area contributed by atoms with Crippen LogP contribution >= 0.6 is 0 Å². The predicted molar refractivity (Wildman–Crippen MR) is 64.1 cm³/mol. The summed E-state index contributed by atoms with van der Waals surface area (Å²) >= 11 is 0. The summed E-state index contributed by atoms with van der Waals surface area (Å²) in [4.78, 5) is 22.1. The van der Waals surface area contributed by atoms with Gasteiger partial charge in [-0.25, -0.2) is 4.79 Å². The van der Waals surface area contributed by atoms with Crippen LogP contribution in [0.2, 0.25) is 0 Å². The third-order valence-corrected chi connectivity index (χ3v) is 2.20. The van der Waals surface area contributed by atoms with Crippen LogP contribution in [0.25, 0.3) is 0 Å². The number of fused-ring (bicyclic) bond motifs is 1. The minimum Gasteiger partial charge on any atom is -0.482 e. The summed E-state index contributed by atoms with van der Waals surface area (Å²) in [5.74, 6) is 4.83. The molecule has 1 N–H and O–H groups in total. The van der Waals surface area contributed by atoms with Crippen molar-refractivity contribution >= 4 is 17.6 Å². The van der Waals surface area contributed by atoms with E-state index in [0.29, 0.717) is 23.6 Å². The summed E-state index contributed by atoms with van der Waals surface area (Å²) in [5, 5.41) is 2.67. The Hall–Kier alpha value is -2.48. The van der Waals surface area contributed by atoms with Crippen LogP contribution in [0.1, 0.15) is 12.5 Å². The number of benzene rings is 1. The standard InChI is InChI=1S/C13H11NO4/c1-2-17-13(16)6-4-9-3-5-10-11(7-9)18-8-12(15)14-10/h3,5,7H,2,8H2,1H3,(H,14,15). The molecule has 0 radical (unpaired) electrons. The first-order chi connectivity index (χ1) is 8.69. The molecule has 1 heterocycles. The van der Waals surface area contributed by atoms with Gasteiger partial charge in [0.1, 0.15) is 5.75 Å². The molecule has 18 heavy (non-hydrogen) atoms. The molecule has 5 heteroatoms. The number of ether oxygens (including phenoxy) is 2. The number of nitrogens with one attached hydrogen (secondary N) is 1. The van der Waals surface area contributed by atoms with Gasteiger partial charge in [-0.15, -0.1) is 0 Å². The number of amides is 1. The molecule has 0 aliphatic carbocycles. The van der Waals surface area contributed by atoms with Crippen LogP contribution in [0.5, 0.6) is 5.75 Å². The van der Waals surface area contributed by atoms with E-state index < -0.39 is 5.97 Å². The van der Waals surface area contributed by atoms with E-state index in [0.717, 1.165) is 0 Å². The Balaban J connectivity index is 2.17. The second kappa shape index (κ2) is 5.23. The lowest BCUT2D eigenvalue weighted by Gasteiger charge is -2.17. The second-order valence-corrected chi connectivity index (χ2v) is 3.52. The lowest BCUT2D eigenvalue weighted by molar-refractivity contribution is -0.136. The zero-order valence-electron chi connectivity index (χ0n) is 9.78. The van der Waals surface area contributed by atoms with Crippen molar-refractivity contribution < 1.29 is 19.1 Å². The lowest BCUT2D eigenvalue weighted by atomic mass is 10.1. The van der Waals surface area contributed by atoms with Crippen LogP contribution < -0.4 is 10.1 Å². The molecule has 0 bridgehead atoms. The Kier molecular flexibility index (Phi) is 3.49. The van der Waals surface area contributed by atoms with Crippen LogP contribution in [-0.2, 0) is 14.3 Å². The van der Waals surface area contributed by atoms with Crippen molar-refractivity contribution in [2.45, 2.75) is 6.92 Å². The number of carbonyl (C=O) groups is 2. The highest BCUT2D eigenvalue weighted by molar-refractivity contribution is 5.95. The molecule has 92 valence electrons. The number of rotatable bonds is 1. The zero-order valence-corrected chi connectivity index (χ0v) is 9.78. The van der Waals surface area contributed by atoms with E-state index >= 15 is 0 Å². The third-order valence-electron chi connectivity index (χ3n) is 2.20. The van der Waals surface area contributed by atoms with E-state index in [1.54, 1.807) is 25.1 Å². The maximum atomic E-state index is 11.1. The molecule has 0 saturated heterocycles. The average Bonchev–Trinajstić information content (AvgIpc) is 2.36. The van der Waals surface area contributed by atoms with E-state index in [2.05, 4.69) is 21.9 Å². The third kappa shape index (κ3) is 2.80. The van der Waals surface area contributed by atoms with Gasteiger partial charge in [-0.05, 0) is 25.1 Å². The summed E-state index contributed by atoms with van der Waals surface area (Å²) in [6.45, 7) is 2.00. The quantitative estimate of drug-likeness (QED) is 0.590. The van der Waals surface area contributed by atoms with Crippen molar-refractivity contribution in [1.82, 2.24) is 0 Å². The topological polar surface area (TPSA) is 64.6 Å². The molecule has 0 fully saturated rings. The van der Waals surface area contributed by atoms with Gasteiger partial charge in [-0.1, -0.05) is 5.92 Å². The lowest BCUT2D eigenvalue weighted by Crippen LogP contribution is -2.25. The fourth-order valence-corrected chi connectivity index (χ4v) is 1.44. The summed E-state index contributed by atoms with van der Waals surface area (Å²) in [6.07, 6.45) is 0. The molecule has 5 nitrogen and oxygen atoms in total. The monoisotopic (exact) mass is 245 g/mol. The van der Waals surface area contributed by atoms with Gasteiger partial charge in [-0.3, -0.25) is 4.79 Å². The van der Waals surface area contributed by atoms with Crippen LogP contribution in [0.4, 0.5) is 5.69 Å². The number of hydrogen-bond donors (Lipinski definition) is 1. The molecule has 0 aromatic heterocycles. The molecule has 0 saturated carbocycles. The molecule has 0 unspecified atom stereocenters. The average molecular weight is 245 g/mol. The highest BCUT2D eigenvalue weighted by atomic mass is 16.5. The molecule has 1 aliphatic heterocycles. The van der Waals surface area contributed by atoms with Gasteiger partial charge in [0.15, 0.2) is 6.61 Å². The molecule has 1 amide bonds. The predicted octanol–water partition coefficient (Wildman–Crippen LogP) is 0.932. The minimum absolute atomic E-state index is 0.0121. The molecular weight excluding hydrogens is 234 g/mol. The van der Waals surface area contributed by atoms with Gasteiger partial charge in [0, 0.05) is 11.5 Å². The molecule has 1 aliphatic rings. The largest absolute Gasteiger partial charge is 0.482 e. The first-order valence-corrected chi connectivity index (χ1v) is 5.44. The van der Waals surface area contributed by atoms with E-state index in [1.165, 1.54) is 0 Å². The van der Waals surface area contributed by atoms with Crippen molar-refractivity contribution in [3.63, 3.8) is 0 Å². The Bertz CT molecular complexity index is 554. The van der Waals surface area contributed by atoms with E-state index in [-0.39, 0.29) is 12.5 Å². The Morgan fingerprint density at radius 3 is 3.17 bits per heavy atom. The summed E-state index contributed by atoms with van der Waals surface area (Å²) in [6, 6.07) is 5.04. The fraction of sp³-hybridized carbons (Fsp3) is 0.231. The van der Waals surface area contributed by atoms with Gasteiger partial charge in [0.25, 0.3) is 5.91 Å². The van der Waals surface area contributed by atoms with E-state index in [4.69, 9.17) is 4.74 Å². The number of anilines is 1. The van der Waals surface area contributed by atoms with Crippen molar-refractivity contribution in [1.29, 1.82) is 0 Å². The molecule has 2 rings (SSSR count). The van der Waals surface area contributed by atoms with Crippen LogP contribution in [0, 0.1) is 11.8 Å². The fourth-order valence-electron chi connectivity index (χ4n) is 1.44. The van der Waals surface area contributed by atoms with Crippen molar-refractivity contribution in [2.75, 3.05) is 18.5 Å². The summed E-state index contributed by atoms with van der Waals surface area (Å²) in [7, 11) is 0. The summed E-state index contributed by atoms with van der Waals surface area (Å²) < 4.78 is 9.92. The zero-order chi connectivity index (χ0) is 13.0. The number of esters is 1. The van der Waals surface area contributed by atoms with Crippen molar-refractivity contribution in [3.8, 4) is 17.6 Å². The normalized spacial score (nSPS) is 12.4. The Labute approximate surface area is 104 Å². The van der Waals surface area contributed by atoms with Crippen molar-refractivity contribution in [3.05, 3.63) is 23.8 Å². The van der Waals surface area contributed by atoms with Crippen LogP contribution in [0.3, 0.4) is 0 Å². The smallest absolute Gasteiger partial charge is 0.384 e. The maximum absolute atomic E-state index is 11.1. The molecular formula is C13H11NO4. The van der Waals surface area contributed by atoms with Crippen LogP contribution in [-0.4, -0.2) is 25.1 Å². The molecule has 1 aromatic carbocycles. The van der Waals surface area contributed by atoms with Crippen LogP contribution in [0.15, 0.2) is 18.2 Å². The maximum Gasteiger partial charge on any atom is 0.384 e. The van der Waals surface area contributed by atoms with E-state index in [1.807, 2.05) is 0 Å². The highest BCUT2D eigenvalue weighted by Crippen LogP contribution is 2.28. The van der Waals surface area contributed by atoms with Crippen molar-refractivity contribution in [2.24, 2.45) is 0 Å². The highest BCUT2D eigenvalue weighted by Gasteiger charge is 2.15. The first-order valence-electron chi connectivity index (χ1n) is 5.44. The molecule has 0 atom stereocenters. The Morgan fingerprint density at radius 2 is 2.39 bits per heavy atom.